The largest absolute Gasteiger partial charge is 0.417 e. The molecular weight excluding hydrogens is 335 g/mol. The molecule has 20 heavy (non-hydrogen) atoms. The van der Waals surface area contributed by atoms with Crippen LogP contribution in [0.4, 0.5) is 13.2 Å². The highest BCUT2D eigenvalue weighted by molar-refractivity contribution is 9.10. The molecule has 0 amide bonds. The quantitative estimate of drug-likeness (QED) is 0.879. The van der Waals surface area contributed by atoms with Crippen LogP contribution in [0.25, 0.3) is 0 Å². The van der Waals surface area contributed by atoms with Crippen LogP contribution < -0.4 is 5.32 Å². The van der Waals surface area contributed by atoms with Crippen molar-refractivity contribution in [3.63, 3.8) is 0 Å². The van der Waals surface area contributed by atoms with Crippen LogP contribution in [0.3, 0.4) is 0 Å². The Morgan fingerprint density at radius 2 is 2.20 bits per heavy atom. The number of benzene rings is 1. The van der Waals surface area contributed by atoms with Gasteiger partial charge < -0.3 is 10.1 Å². The van der Waals surface area contributed by atoms with Crippen LogP contribution in [0.2, 0.25) is 0 Å². The SMILES string of the molecule is CCNC(c1ccc(Br)c(C(F)(F)F)c1)C1CCOC1. The van der Waals surface area contributed by atoms with E-state index in [0.29, 0.717) is 25.3 Å². The molecule has 0 bridgehead atoms. The highest BCUT2D eigenvalue weighted by Gasteiger charge is 2.34. The number of hydrogen-bond donors (Lipinski definition) is 1. The van der Waals surface area contributed by atoms with Gasteiger partial charge in [0.05, 0.1) is 12.2 Å². The van der Waals surface area contributed by atoms with E-state index >= 15 is 0 Å². The predicted octanol–water partition coefficient (Wildman–Crippen LogP) is 4.16. The average molecular weight is 352 g/mol. The second-order valence-electron chi connectivity index (χ2n) is 4.90. The number of halogens is 4. The van der Waals surface area contributed by atoms with E-state index in [0.717, 1.165) is 6.42 Å². The summed E-state index contributed by atoms with van der Waals surface area (Å²) in [6.07, 6.45) is -3.48. The van der Waals surface area contributed by atoms with E-state index in [-0.39, 0.29) is 16.4 Å². The molecule has 2 unspecified atom stereocenters. The molecule has 0 aromatic heterocycles. The van der Waals surface area contributed by atoms with Gasteiger partial charge in [-0.3, -0.25) is 0 Å². The molecule has 1 aliphatic rings. The zero-order chi connectivity index (χ0) is 14.8. The van der Waals surface area contributed by atoms with E-state index < -0.39 is 11.7 Å². The van der Waals surface area contributed by atoms with Crippen molar-refractivity contribution in [2.24, 2.45) is 5.92 Å². The molecule has 2 nitrogen and oxygen atoms in total. The summed E-state index contributed by atoms with van der Waals surface area (Å²) in [4.78, 5) is 0. The van der Waals surface area contributed by atoms with Gasteiger partial charge in [-0.15, -0.1) is 0 Å². The molecule has 1 aromatic rings. The molecule has 1 saturated heterocycles. The molecule has 112 valence electrons. The fourth-order valence-electron chi connectivity index (χ4n) is 2.55. The monoisotopic (exact) mass is 351 g/mol. The summed E-state index contributed by atoms with van der Waals surface area (Å²) in [6, 6.07) is 4.34. The van der Waals surface area contributed by atoms with Crippen LogP contribution in [-0.4, -0.2) is 19.8 Å². The Bertz CT molecular complexity index is 458. The third-order valence-electron chi connectivity index (χ3n) is 3.52. The standard InChI is InChI=1S/C14H17BrF3NO/c1-2-19-13(10-5-6-20-8-10)9-3-4-12(15)11(7-9)14(16,17)18/h3-4,7,10,13,19H,2,5-6,8H2,1H3. The van der Waals surface area contributed by atoms with Gasteiger partial charge in [0.2, 0.25) is 0 Å². The number of alkyl halides is 3. The van der Waals surface area contributed by atoms with E-state index in [1.807, 2.05) is 6.92 Å². The minimum absolute atomic E-state index is 0.0756. The van der Waals surface area contributed by atoms with Crippen molar-refractivity contribution < 1.29 is 17.9 Å². The zero-order valence-electron chi connectivity index (χ0n) is 11.1. The molecule has 0 spiro atoms. The molecule has 1 heterocycles. The second-order valence-corrected chi connectivity index (χ2v) is 5.75. The van der Waals surface area contributed by atoms with Gasteiger partial charge in [0.25, 0.3) is 0 Å². The van der Waals surface area contributed by atoms with Crippen LogP contribution in [0.5, 0.6) is 0 Å². The maximum absolute atomic E-state index is 13.0. The van der Waals surface area contributed by atoms with Crippen LogP contribution in [0.15, 0.2) is 22.7 Å². The van der Waals surface area contributed by atoms with E-state index in [2.05, 4.69) is 21.2 Å². The lowest BCUT2D eigenvalue weighted by Gasteiger charge is -2.25. The van der Waals surface area contributed by atoms with Crippen LogP contribution in [0, 0.1) is 5.92 Å². The molecule has 1 N–H and O–H groups in total. The van der Waals surface area contributed by atoms with Gasteiger partial charge >= 0.3 is 6.18 Å². The highest BCUT2D eigenvalue weighted by Crippen LogP contribution is 2.38. The number of hydrogen-bond acceptors (Lipinski definition) is 2. The van der Waals surface area contributed by atoms with Crippen molar-refractivity contribution in [3.8, 4) is 0 Å². The molecule has 1 fully saturated rings. The number of rotatable bonds is 4. The smallest absolute Gasteiger partial charge is 0.381 e. The Kier molecular flexibility index (Phi) is 5.09. The Balaban J connectivity index is 2.33. The van der Waals surface area contributed by atoms with E-state index in [9.17, 15) is 13.2 Å². The van der Waals surface area contributed by atoms with Crippen molar-refractivity contribution in [2.45, 2.75) is 25.6 Å². The van der Waals surface area contributed by atoms with Crippen LogP contribution >= 0.6 is 15.9 Å². The fourth-order valence-corrected chi connectivity index (χ4v) is 3.02. The van der Waals surface area contributed by atoms with Gasteiger partial charge in [0, 0.05) is 23.0 Å². The van der Waals surface area contributed by atoms with Gasteiger partial charge in [-0.1, -0.05) is 28.9 Å². The molecule has 0 radical (unpaired) electrons. The van der Waals surface area contributed by atoms with Crippen molar-refractivity contribution in [1.82, 2.24) is 5.32 Å². The molecule has 1 aliphatic heterocycles. The van der Waals surface area contributed by atoms with Gasteiger partial charge in [-0.2, -0.15) is 13.2 Å². The number of ether oxygens (including phenoxy) is 1. The Morgan fingerprint density at radius 3 is 2.75 bits per heavy atom. The van der Waals surface area contributed by atoms with E-state index in [1.54, 1.807) is 6.07 Å². The first-order valence-corrected chi connectivity index (χ1v) is 7.40. The van der Waals surface area contributed by atoms with Gasteiger partial charge in [-0.25, -0.2) is 0 Å². The van der Waals surface area contributed by atoms with Crippen molar-refractivity contribution >= 4 is 15.9 Å². The third kappa shape index (κ3) is 3.54. The van der Waals surface area contributed by atoms with Crippen LogP contribution in [-0.2, 0) is 10.9 Å². The Labute approximate surface area is 124 Å². The average Bonchev–Trinajstić information content (AvgIpc) is 2.89. The van der Waals surface area contributed by atoms with Crippen LogP contribution in [0.1, 0.15) is 30.5 Å². The Hall–Kier alpha value is -0.590. The minimum atomic E-state index is -4.35. The molecular formula is C14H17BrF3NO. The molecule has 1 aromatic carbocycles. The summed E-state index contributed by atoms with van der Waals surface area (Å²) < 4.78 is 44.4. The third-order valence-corrected chi connectivity index (χ3v) is 4.21. The second kappa shape index (κ2) is 6.45. The molecule has 0 aliphatic carbocycles. The first kappa shape index (κ1) is 15.8. The maximum Gasteiger partial charge on any atom is 0.417 e. The van der Waals surface area contributed by atoms with Crippen molar-refractivity contribution in [3.05, 3.63) is 33.8 Å². The lowest BCUT2D eigenvalue weighted by Crippen LogP contribution is -2.29. The van der Waals surface area contributed by atoms with Gasteiger partial charge in [-0.05, 0) is 30.7 Å². The van der Waals surface area contributed by atoms with Gasteiger partial charge in [0.1, 0.15) is 0 Å². The summed E-state index contributed by atoms with van der Waals surface area (Å²) in [5.74, 6) is 0.220. The van der Waals surface area contributed by atoms with Gasteiger partial charge in [0.15, 0.2) is 0 Å². The first-order valence-electron chi connectivity index (χ1n) is 6.61. The van der Waals surface area contributed by atoms with E-state index in [4.69, 9.17) is 4.74 Å². The fraction of sp³-hybridized carbons (Fsp3) is 0.571. The summed E-state index contributed by atoms with van der Waals surface area (Å²) in [6.45, 7) is 3.93. The van der Waals surface area contributed by atoms with Crippen molar-refractivity contribution in [1.29, 1.82) is 0 Å². The molecule has 2 rings (SSSR count). The maximum atomic E-state index is 13.0. The lowest BCUT2D eigenvalue weighted by molar-refractivity contribution is -0.138. The number of nitrogens with one attached hydrogen (secondary N) is 1. The summed E-state index contributed by atoms with van der Waals surface area (Å²) in [7, 11) is 0. The molecule has 0 saturated carbocycles. The minimum Gasteiger partial charge on any atom is -0.381 e. The summed E-state index contributed by atoms with van der Waals surface area (Å²) >= 11 is 2.97. The Morgan fingerprint density at radius 1 is 1.45 bits per heavy atom. The highest BCUT2D eigenvalue weighted by atomic mass is 79.9. The normalized spacial score (nSPS) is 21.1. The zero-order valence-corrected chi connectivity index (χ0v) is 12.7. The van der Waals surface area contributed by atoms with E-state index in [1.165, 1.54) is 12.1 Å². The molecule has 2 atom stereocenters. The first-order chi connectivity index (χ1) is 9.43. The molecule has 6 heteroatoms. The summed E-state index contributed by atoms with van der Waals surface area (Å²) in [5.41, 5.74) is 0.0368. The lowest BCUT2D eigenvalue weighted by atomic mass is 9.91. The summed E-state index contributed by atoms with van der Waals surface area (Å²) in [5, 5.41) is 3.28. The predicted molar refractivity (Wildman–Crippen MR) is 74.5 cm³/mol. The topological polar surface area (TPSA) is 21.3 Å². The van der Waals surface area contributed by atoms with Crippen molar-refractivity contribution in [2.75, 3.05) is 19.8 Å².